The highest BCUT2D eigenvalue weighted by Gasteiger charge is 2.37. The third-order valence-corrected chi connectivity index (χ3v) is 3.93. The maximum atomic E-state index is 3.52. The van der Waals surface area contributed by atoms with Crippen molar-refractivity contribution >= 4 is 28.3 Å². The number of piperazine rings is 1. The topological polar surface area (TPSA) is 15.3 Å². The number of hydrogen-bond donors (Lipinski definition) is 1. The number of fused-ring (bicyclic) bond motifs is 2. The van der Waals surface area contributed by atoms with E-state index in [0.29, 0.717) is 0 Å². The molecule has 0 spiro atoms. The Kier molecular flexibility index (Phi) is 2.17. The van der Waals surface area contributed by atoms with E-state index in [0.717, 1.165) is 18.6 Å². The van der Waals surface area contributed by atoms with Gasteiger partial charge in [0, 0.05) is 34.4 Å². The summed E-state index contributed by atoms with van der Waals surface area (Å²) < 4.78 is 1.31. The highest BCUT2D eigenvalue weighted by Crippen LogP contribution is 2.29. The Balaban J connectivity index is 1.86. The van der Waals surface area contributed by atoms with Crippen molar-refractivity contribution in [2.24, 2.45) is 0 Å². The van der Waals surface area contributed by atoms with Crippen LogP contribution in [-0.2, 0) is 0 Å². The lowest BCUT2D eigenvalue weighted by Gasteiger charge is -2.29. The van der Waals surface area contributed by atoms with Crippen LogP contribution in [0.5, 0.6) is 0 Å². The fourth-order valence-electron chi connectivity index (χ4n) is 2.51. The third kappa shape index (κ3) is 1.42. The molecule has 14 heavy (non-hydrogen) atoms. The van der Waals surface area contributed by atoms with Crippen LogP contribution >= 0.6 is 22.6 Å². The predicted molar refractivity (Wildman–Crippen MR) is 66.7 cm³/mol. The molecule has 3 rings (SSSR count). The monoisotopic (exact) mass is 300 g/mol. The van der Waals surface area contributed by atoms with Crippen molar-refractivity contribution in [2.75, 3.05) is 18.0 Å². The zero-order chi connectivity index (χ0) is 9.54. The molecule has 1 N–H and O–H groups in total. The summed E-state index contributed by atoms with van der Waals surface area (Å²) in [5.41, 5.74) is 1.39. The fourth-order valence-corrected chi connectivity index (χ4v) is 2.87. The van der Waals surface area contributed by atoms with Crippen molar-refractivity contribution in [3.8, 4) is 0 Å². The Morgan fingerprint density at radius 2 is 2.07 bits per heavy atom. The summed E-state index contributed by atoms with van der Waals surface area (Å²) in [5.74, 6) is 0. The van der Waals surface area contributed by atoms with Crippen LogP contribution < -0.4 is 10.2 Å². The van der Waals surface area contributed by atoms with E-state index >= 15 is 0 Å². The van der Waals surface area contributed by atoms with Gasteiger partial charge in [0.25, 0.3) is 0 Å². The lowest BCUT2D eigenvalue weighted by atomic mass is 10.2. The summed E-state index contributed by atoms with van der Waals surface area (Å²) in [4.78, 5) is 2.54. The molecule has 0 aromatic heterocycles. The second-order valence-electron chi connectivity index (χ2n) is 4.12. The van der Waals surface area contributed by atoms with E-state index in [4.69, 9.17) is 0 Å². The van der Waals surface area contributed by atoms with Gasteiger partial charge < -0.3 is 10.2 Å². The molecule has 74 valence electrons. The highest BCUT2D eigenvalue weighted by molar-refractivity contribution is 14.1. The number of nitrogens with zero attached hydrogens (tertiary/aromatic N) is 1. The normalized spacial score (nSPS) is 29.9. The van der Waals surface area contributed by atoms with Crippen LogP contribution in [0.25, 0.3) is 0 Å². The van der Waals surface area contributed by atoms with Gasteiger partial charge in [-0.25, -0.2) is 0 Å². The first-order chi connectivity index (χ1) is 6.83. The van der Waals surface area contributed by atoms with Crippen molar-refractivity contribution in [2.45, 2.75) is 18.5 Å². The van der Waals surface area contributed by atoms with Crippen LogP contribution in [0.4, 0.5) is 5.69 Å². The first-order valence-electron chi connectivity index (χ1n) is 5.08. The first-order valence-corrected chi connectivity index (χ1v) is 6.16. The van der Waals surface area contributed by atoms with Crippen LogP contribution in [-0.4, -0.2) is 25.2 Å². The fraction of sp³-hybridized carbons (Fsp3) is 0.455. The van der Waals surface area contributed by atoms with Gasteiger partial charge in [-0.15, -0.1) is 0 Å². The summed E-state index contributed by atoms with van der Waals surface area (Å²) in [7, 11) is 0. The molecule has 2 fully saturated rings. The molecule has 0 amide bonds. The molecule has 0 aliphatic carbocycles. The summed E-state index contributed by atoms with van der Waals surface area (Å²) in [6.07, 6.45) is 1.33. The molecule has 0 saturated carbocycles. The van der Waals surface area contributed by atoms with Crippen molar-refractivity contribution in [1.82, 2.24) is 5.32 Å². The third-order valence-electron chi connectivity index (χ3n) is 3.21. The van der Waals surface area contributed by atoms with Crippen molar-refractivity contribution in [1.29, 1.82) is 0 Å². The SMILES string of the molecule is Ic1ccc(N2C[C@@H]3C[C@H]2CN3)cc1. The molecule has 2 bridgehead atoms. The van der Waals surface area contributed by atoms with Crippen LogP contribution in [0.1, 0.15) is 6.42 Å². The molecule has 0 radical (unpaired) electrons. The quantitative estimate of drug-likeness (QED) is 0.796. The van der Waals surface area contributed by atoms with Gasteiger partial charge in [-0.1, -0.05) is 0 Å². The number of rotatable bonds is 1. The van der Waals surface area contributed by atoms with Crippen LogP contribution in [0.15, 0.2) is 24.3 Å². The molecular weight excluding hydrogens is 287 g/mol. The Hall–Kier alpha value is -0.290. The molecule has 2 heterocycles. The van der Waals surface area contributed by atoms with E-state index in [1.54, 1.807) is 0 Å². The van der Waals surface area contributed by atoms with Gasteiger partial charge in [0.05, 0.1) is 0 Å². The lowest BCUT2D eigenvalue weighted by Crippen LogP contribution is -2.43. The minimum absolute atomic E-state index is 0.735. The largest absolute Gasteiger partial charge is 0.366 e. The second kappa shape index (κ2) is 3.38. The van der Waals surface area contributed by atoms with E-state index in [-0.39, 0.29) is 0 Å². The molecule has 0 unspecified atom stereocenters. The average Bonchev–Trinajstić information content (AvgIpc) is 2.80. The molecule has 2 aliphatic heterocycles. The van der Waals surface area contributed by atoms with E-state index < -0.39 is 0 Å². The Bertz CT molecular complexity index is 336. The zero-order valence-electron chi connectivity index (χ0n) is 7.91. The van der Waals surface area contributed by atoms with Crippen molar-refractivity contribution < 1.29 is 0 Å². The molecule has 2 saturated heterocycles. The number of halogens is 1. The molecule has 1 aromatic carbocycles. The molecule has 3 heteroatoms. The van der Waals surface area contributed by atoms with Gasteiger partial charge in [0.2, 0.25) is 0 Å². The summed E-state index contributed by atoms with van der Waals surface area (Å²) in [6.45, 7) is 2.35. The number of hydrogen-bond acceptors (Lipinski definition) is 2. The Morgan fingerprint density at radius 3 is 2.64 bits per heavy atom. The molecular formula is C11H13IN2. The van der Waals surface area contributed by atoms with Gasteiger partial charge in [-0.3, -0.25) is 0 Å². The second-order valence-corrected chi connectivity index (χ2v) is 5.37. The minimum Gasteiger partial charge on any atom is -0.366 e. The summed E-state index contributed by atoms with van der Waals surface area (Å²) in [5, 5.41) is 3.52. The maximum Gasteiger partial charge on any atom is 0.0430 e. The number of nitrogens with one attached hydrogen (secondary N) is 1. The number of anilines is 1. The van der Waals surface area contributed by atoms with Crippen LogP contribution in [0.3, 0.4) is 0 Å². The summed E-state index contributed by atoms with van der Waals surface area (Å²) in [6, 6.07) is 10.3. The van der Waals surface area contributed by atoms with Crippen molar-refractivity contribution in [3.63, 3.8) is 0 Å². The zero-order valence-corrected chi connectivity index (χ0v) is 10.1. The van der Waals surface area contributed by atoms with Crippen molar-refractivity contribution in [3.05, 3.63) is 27.8 Å². The Labute approximate surface area is 97.8 Å². The lowest BCUT2D eigenvalue weighted by molar-refractivity contribution is 0.580. The average molecular weight is 300 g/mol. The maximum absolute atomic E-state index is 3.52. The highest BCUT2D eigenvalue weighted by atomic mass is 127. The van der Waals surface area contributed by atoms with Gasteiger partial charge in [-0.05, 0) is 53.3 Å². The van der Waals surface area contributed by atoms with E-state index in [9.17, 15) is 0 Å². The van der Waals surface area contributed by atoms with Crippen LogP contribution in [0, 0.1) is 3.57 Å². The van der Waals surface area contributed by atoms with E-state index in [1.807, 2.05) is 0 Å². The van der Waals surface area contributed by atoms with Gasteiger partial charge in [0.1, 0.15) is 0 Å². The minimum atomic E-state index is 0.735. The van der Waals surface area contributed by atoms with Gasteiger partial charge in [-0.2, -0.15) is 0 Å². The van der Waals surface area contributed by atoms with E-state index in [1.165, 1.54) is 22.2 Å². The predicted octanol–water partition coefficient (Wildman–Crippen LogP) is 1.84. The number of benzene rings is 1. The smallest absolute Gasteiger partial charge is 0.0430 e. The molecule has 2 nitrogen and oxygen atoms in total. The summed E-state index contributed by atoms with van der Waals surface area (Å²) >= 11 is 2.35. The molecule has 2 atom stereocenters. The van der Waals surface area contributed by atoms with Crippen LogP contribution in [0.2, 0.25) is 0 Å². The molecule has 1 aromatic rings. The van der Waals surface area contributed by atoms with Gasteiger partial charge in [0.15, 0.2) is 0 Å². The molecule has 2 aliphatic rings. The standard InChI is InChI=1S/C11H13IN2/c12-8-1-3-10(4-2-8)14-7-9-5-11(14)6-13-9/h1-4,9,11,13H,5-7H2/t9-,11-/m0/s1. The van der Waals surface area contributed by atoms with E-state index in [2.05, 4.69) is 57.1 Å². The van der Waals surface area contributed by atoms with Gasteiger partial charge >= 0.3 is 0 Å². The first kappa shape index (κ1) is 8.97. The Morgan fingerprint density at radius 1 is 1.29 bits per heavy atom.